The smallest absolute Gasteiger partial charge is 0.278 e. The van der Waals surface area contributed by atoms with Gasteiger partial charge in [-0.3, -0.25) is 19.4 Å². The summed E-state index contributed by atoms with van der Waals surface area (Å²) in [6, 6.07) is 22.3. The zero-order chi connectivity index (χ0) is 23.9. The SMILES string of the molecule is O=C(CSc1nnc(-c2ccccc2NC(=O)c2ccccc2)c(=O)[nH]1)Nc1ccc(Cl)cc1. The van der Waals surface area contributed by atoms with Crippen molar-refractivity contribution in [3.63, 3.8) is 0 Å². The number of amides is 2. The molecule has 0 unspecified atom stereocenters. The summed E-state index contributed by atoms with van der Waals surface area (Å²) < 4.78 is 0. The number of hydrogen-bond acceptors (Lipinski definition) is 6. The Kier molecular flexibility index (Phi) is 7.36. The summed E-state index contributed by atoms with van der Waals surface area (Å²) in [5, 5.41) is 14.4. The van der Waals surface area contributed by atoms with Crippen molar-refractivity contribution in [3.8, 4) is 11.3 Å². The van der Waals surface area contributed by atoms with Gasteiger partial charge in [-0.1, -0.05) is 59.8 Å². The van der Waals surface area contributed by atoms with E-state index in [1.54, 1.807) is 72.8 Å². The van der Waals surface area contributed by atoms with Crippen LogP contribution in [0, 0.1) is 0 Å². The Morgan fingerprint density at radius 2 is 1.59 bits per heavy atom. The van der Waals surface area contributed by atoms with Crippen LogP contribution in [0.2, 0.25) is 5.02 Å². The monoisotopic (exact) mass is 491 g/mol. The molecule has 0 fully saturated rings. The second-order valence-corrected chi connectivity index (χ2v) is 8.42. The van der Waals surface area contributed by atoms with E-state index in [1.165, 1.54) is 0 Å². The van der Waals surface area contributed by atoms with Crippen molar-refractivity contribution in [1.29, 1.82) is 0 Å². The third kappa shape index (κ3) is 5.89. The number of nitrogens with one attached hydrogen (secondary N) is 3. The summed E-state index contributed by atoms with van der Waals surface area (Å²) in [5.41, 5.74) is 1.52. The van der Waals surface area contributed by atoms with Gasteiger partial charge in [-0.25, -0.2) is 0 Å². The van der Waals surface area contributed by atoms with E-state index in [2.05, 4.69) is 25.8 Å². The maximum Gasteiger partial charge on any atom is 0.278 e. The molecule has 8 nitrogen and oxygen atoms in total. The lowest BCUT2D eigenvalue weighted by molar-refractivity contribution is -0.113. The number of benzene rings is 3. The summed E-state index contributed by atoms with van der Waals surface area (Å²) in [4.78, 5) is 40.1. The molecule has 0 saturated heterocycles. The number of H-pyrrole nitrogens is 1. The lowest BCUT2D eigenvalue weighted by Gasteiger charge is -2.10. The Balaban J connectivity index is 1.45. The molecule has 0 aliphatic carbocycles. The summed E-state index contributed by atoms with van der Waals surface area (Å²) in [6.45, 7) is 0. The molecule has 2 amide bonds. The van der Waals surface area contributed by atoms with Gasteiger partial charge in [0.25, 0.3) is 11.5 Å². The van der Waals surface area contributed by atoms with Gasteiger partial charge in [0.2, 0.25) is 5.91 Å². The van der Waals surface area contributed by atoms with E-state index in [-0.39, 0.29) is 28.4 Å². The van der Waals surface area contributed by atoms with Gasteiger partial charge >= 0.3 is 0 Å². The molecule has 0 radical (unpaired) electrons. The van der Waals surface area contributed by atoms with Crippen molar-refractivity contribution < 1.29 is 9.59 Å². The second kappa shape index (κ2) is 10.8. The average Bonchev–Trinajstić information content (AvgIpc) is 2.85. The van der Waals surface area contributed by atoms with Crippen LogP contribution in [0.25, 0.3) is 11.3 Å². The van der Waals surface area contributed by atoms with Gasteiger partial charge in [-0.05, 0) is 42.5 Å². The van der Waals surface area contributed by atoms with E-state index in [4.69, 9.17) is 11.6 Å². The fraction of sp³-hybridized carbons (Fsp3) is 0.0417. The molecule has 0 spiro atoms. The van der Waals surface area contributed by atoms with Gasteiger partial charge in [-0.15, -0.1) is 10.2 Å². The first-order valence-electron chi connectivity index (χ1n) is 10.1. The molecule has 170 valence electrons. The van der Waals surface area contributed by atoms with Crippen LogP contribution in [0.5, 0.6) is 0 Å². The molecule has 3 aromatic carbocycles. The Morgan fingerprint density at radius 3 is 2.32 bits per heavy atom. The fourth-order valence-electron chi connectivity index (χ4n) is 3.01. The van der Waals surface area contributed by atoms with Gasteiger partial charge in [-0.2, -0.15) is 0 Å². The lowest BCUT2D eigenvalue weighted by atomic mass is 10.1. The summed E-state index contributed by atoms with van der Waals surface area (Å²) in [5.74, 6) is -0.555. The topological polar surface area (TPSA) is 117 Å². The summed E-state index contributed by atoms with van der Waals surface area (Å²) >= 11 is 6.88. The standard InChI is InChI=1S/C24H18ClN5O3S/c25-16-10-12-17(13-11-16)26-20(31)14-34-24-28-23(33)21(29-30-24)18-8-4-5-9-19(18)27-22(32)15-6-2-1-3-7-15/h1-13H,14H2,(H,26,31)(H,27,32)(H,28,30,33). The molecule has 1 heterocycles. The minimum absolute atomic E-state index is 0.0241. The minimum Gasteiger partial charge on any atom is -0.325 e. The van der Waals surface area contributed by atoms with Crippen molar-refractivity contribution >= 4 is 46.6 Å². The number of aromatic amines is 1. The number of para-hydroxylation sites is 1. The normalized spacial score (nSPS) is 10.5. The Bertz CT molecular complexity index is 1380. The first-order valence-corrected chi connectivity index (χ1v) is 11.5. The molecule has 0 aliphatic rings. The molecule has 4 rings (SSSR count). The maximum atomic E-state index is 12.7. The first kappa shape index (κ1) is 23.2. The number of aromatic nitrogens is 3. The maximum absolute atomic E-state index is 12.7. The predicted molar refractivity (Wildman–Crippen MR) is 133 cm³/mol. The minimum atomic E-state index is -0.489. The van der Waals surface area contributed by atoms with Crippen molar-refractivity contribution in [3.05, 3.63) is 99.8 Å². The van der Waals surface area contributed by atoms with Gasteiger partial charge in [0.05, 0.1) is 11.4 Å². The number of thioether (sulfide) groups is 1. The fourth-order valence-corrected chi connectivity index (χ4v) is 3.74. The van der Waals surface area contributed by atoms with Crippen molar-refractivity contribution in [2.24, 2.45) is 0 Å². The molecule has 10 heteroatoms. The van der Waals surface area contributed by atoms with Crippen LogP contribution >= 0.6 is 23.4 Å². The van der Waals surface area contributed by atoms with E-state index in [9.17, 15) is 14.4 Å². The van der Waals surface area contributed by atoms with E-state index < -0.39 is 5.56 Å². The Labute approximate surface area is 203 Å². The van der Waals surface area contributed by atoms with Crippen molar-refractivity contribution in [1.82, 2.24) is 15.2 Å². The third-order valence-electron chi connectivity index (χ3n) is 4.61. The number of rotatable bonds is 7. The van der Waals surface area contributed by atoms with E-state index in [1.807, 2.05) is 6.07 Å². The molecule has 4 aromatic rings. The highest BCUT2D eigenvalue weighted by Gasteiger charge is 2.15. The van der Waals surface area contributed by atoms with Crippen LogP contribution < -0.4 is 16.2 Å². The van der Waals surface area contributed by atoms with Crippen LogP contribution in [-0.4, -0.2) is 32.7 Å². The third-order valence-corrected chi connectivity index (χ3v) is 5.73. The molecule has 0 aliphatic heterocycles. The van der Waals surface area contributed by atoms with Crippen LogP contribution in [0.15, 0.2) is 88.8 Å². The largest absolute Gasteiger partial charge is 0.325 e. The summed E-state index contributed by atoms with van der Waals surface area (Å²) in [7, 11) is 0. The molecule has 0 bridgehead atoms. The molecule has 0 atom stereocenters. The number of nitrogens with zero attached hydrogens (tertiary/aromatic N) is 2. The Hall–Kier alpha value is -3.95. The molecule has 3 N–H and O–H groups in total. The van der Waals surface area contributed by atoms with Crippen molar-refractivity contribution in [2.45, 2.75) is 5.16 Å². The highest BCUT2D eigenvalue weighted by atomic mass is 35.5. The highest BCUT2D eigenvalue weighted by Crippen LogP contribution is 2.24. The number of hydrogen-bond donors (Lipinski definition) is 3. The number of carbonyl (C=O) groups is 2. The molecular weight excluding hydrogens is 474 g/mol. The average molecular weight is 492 g/mol. The van der Waals surface area contributed by atoms with Gasteiger partial charge in [0.15, 0.2) is 10.9 Å². The van der Waals surface area contributed by atoms with Crippen LogP contribution in [0.1, 0.15) is 10.4 Å². The van der Waals surface area contributed by atoms with E-state index in [0.29, 0.717) is 27.5 Å². The van der Waals surface area contributed by atoms with E-state index >= 15 is 0 Å². The van der Waals surface area contributed by atoms with Gasteiger partial charge < -0.3 is 10.6 Å². The number of halogens is 1. The molecule has 34 heavy (non-hydrogen) atoms. The second-order valence-electron chi connectivity index (χ2n) is 7.02. The molecular formula is C24H18ClN5O3S. The molecule has 1 aromatic heterocycles. The first-order chi connectivity index (χ1) is 16.5. The van der Waals surface area contributed by atoms with Crippen molar-refractivity contribution in [2.75, 3.05) is 16.4 Å². The highest BCUT2D eigenvalue weighted by molar-refractivity contribution is 7.99. The quantitative estimate of drug-likeness (QED) is 0.328. The van der Waals surface area contributed by atoms with Crippen LogP contribution in [-0.2, 0) is 4.79 Å². The zero-order valence-corrected chi connectivity index (χ0v) is 19.2. The van der Waals surface area contributed by atoms with Crippen LogP contribution in [0.4, 0.5) is 11.4 Å². The van der Waals surface area contributed by atoms with E-state index in [0.717, 1.165) is 11.8 Å². The lowest BCUT2D eigenvalue weighted by Crippen LogP contribution is -2.18. The zero-order valence-electron chi connectivity index (χ0n) is 17.6. The van der Waals surface area contributed by atoms with Crippen LogP contribution in [0.3, 0.4) is 0 Å². The number of carbonyl (C=O) groups excluding carboxylic acids is 2. The van der Waals surface area contributed by atoms with Gasteiger partial charge in [0.1, 0.15) is 0 Å². The predicted octanol–water partition coefficient (Wildman–Crippen LogP) is 4.47. The summed E-state index contributed by atoms with van der Waals surface area (Å²) in [6.07, 6.45) is 0. The Morgan fingerprint density at radius 1 is 0.882 bits per heavy atom. The van der Waals surface area contributed by atoms with Gasteiger partial charge in [0, 0.05) is 21.8 Å². The molecule has 0 saturated carbocycles. The number of anilines is 2.